The number of hydrogen-bond donors (Lipinski definition) is 0. The van der Waals surface area contributed by atoms with E-state index in [1.165, 1.54) is 23.7 Å². The lowest BCUT2D eigenvalue weighted by Gasteiger charge is -2.42. The van der Waals surface area contributed by atoms with Crippen molar-refractivity contribution in [3.05, 3.63) is 35.7 Å². The molecule has 0 bridgehead atoms. The van der Waals surface area contributed by atoms with Gasteiger partial charge in [-0.15, -0.1) is 0 Å². The molecule has 1 fully saturated rings. The molecule has 1 aliphatic heterocycles. The van der Waals surface area contributed by atoms with Gasteiger partial charge in [-0.25, -0.2) is 4.98 Å². The molecule has 1 aliphatic rings. The molecule has 0 aliphatic carbocycles. The van der Waals surface area contributed by atoms with E-state index in [1.807, 2.05) is 4.90 Å². The summed E-state index contributed by atoms with van der Waals surface area (Å²) in [6.07, 6.45) is -2.40. The fraction of sp³-hybridized carbons (Fsp3) is 0.556. The molecule has 1 unspecified atom stereocenters. The Morgan fingerprint density at radius 1 is 1.30 bits per heavy atom. The zero-order valence-corrected chi connectivity index (χ0v) is 16.2. The normalized spacial score (nSPS) is 18.2. The molecule has 1 aromatic heterocycles. The average Bonchev–Trinajstić information content (AvgIpc) is 3.10. The predicted octanol–water partition coefficient (Wildman–Crippen LogP) is 4.20. The predicted molar refractivity (Wildman–Crippen MR) is 100 cm³/mol. The van der Waals surface area contributed by atoms with Crippen LogP contribution in [0.3, 0.4) is 0 Å². The van der Waals surface area contributed by atoms with Crippen molar-refractivity contribution in [1.29, 1.82) is 0 Å². The summed E-state index contributed by atoms with van der Waals surface area (Å²) in [4.78, 5) is 8.80. The van der Waals surface area contributed by atoms with Crippen LogP contribution in [0.5, 0.6) is 0 Å². The van der Waals surface area contributed by atoms with Crippen LogP contribution < -0.4 is 9.80 Å². The summed E-state index contributed by atoms with van der Waals surface area (Å²) in [5, 5.41) is 0.851. The van der Waals surface area contributed by atoms with Crippen molar-refractivity contribution in [3.63, 3.8) is 0 Å². The van der Waals surface area contributed by atoms with Crippen LogP contribution >= 0.6 is 11.5 Å². The van der Waals surface area contributed by atoms with E-state index in [4.69, 9.17) is 4.74 Å². The molecule has 2 heterocycles. The van der Waals surface area contributed by atoms with Gasteiger partial charge in [0.25, 0.3) is 0 Å². The monoisotopic (exact) mass is 400 g/mol. The van der Waals surface area contributed by atoms with Crippen molar-refractivity contribution in [2.75, 3.05) is 36.5 Å². The van der Waals surface area contributed by atoms with E-state index in [1.54, 1.807) is 13.2 Å². The van der Waals surface area contributed by atoms with Crippen LogP contribution in [0.15, 0.2) is 24.3 Å². The lowest BCUT2D eigenvalue weighted by Crippen LogP contribution is -2.53. The standard InChI is InChI=1S/C18H23F3N4OS/c1-3-5-15-11-24(14-7-4-6-13(10-14)18(19,20)21)8-9-25(15)17-22-16(12-26-2)23-27-17/h4,6-7,10,15H,3,5,8-9,11-12H2,1-2H3. The van der Waals surface area contributed by atoms with Crippen molar-refractivity contribution in [1.82, 2.24) is 9.36 Å². The summed E-state index contributed by atoms with van der Waals surface area (Å²) in [6, 6.07) is 5.75. The first kappa shape index (κ1) is 19.9. The zero-order chi connectivity index (χ0) is 19.4. The highest BCUT2D eigenvalue weighted by molar-refractivity contribution is 7.09. The SMILES string of the molecule is CCCC1CN(c2cccc(C(F)(F)F)c2)CCN1c1nc(COC)ns1. The number of alkyl halides is 3. The molecule has 148 valence electrons. The number of aromatic nitrogens is 2. The Kier molecular flexibility index (Phi) is 6.21. The van der Waals surface area contributed by atoms with Gasteiger partial charge in [0, 0.05) is 50.0 Å². The fourth-order valence-corrected chi connectivity index (χ4v) is 4.12. The van der Waals surface area contributed by atoms with Crippen molar-refractivity contribution in [2.45, 2.75) is 38.6 Å². The van der Waals surface area contributed by atoms with Gasteiger partial charge in [-0.3, -0.25) is 0 Å². The number of benzene rings is 1. The number of hydrogen-bond acceptors (Lipinski definition) is 6. The number of nitrogens with zero attached hydrogens (tertiary/aromatic N) is 4. The van der Waals surface area contributed by atoms with Gasteiger partial charge in [0.1, 0.15) is 6.61 Å². The minimum Gasteiger partial charge on any atom is -0.377 e. The highest BCUT2D eigenvalue weighted by atomic mass is 32.1. The smallest absolute Gasteiger partial charge is 0.377 e. The van der Waals surface area contributed by atoms with Gasteiger partial charge >= 0.3 is 6.18 Å². The topological polar surface area (TPSA) is 41.5 Å². The van der Waals surface area contributed by atoms with Gasteiger partial charge in [-0.2, -0.15) is 17.5 Å². The number of ether oxygens (including phenoxy) is 1. The third-order valence-electron chi connectivity index (χ3n) is 4.62. The number of piperazine rings is 1. The number of halogens is 3. The highest BCUT2D eigenvalue weighted by Crippen LogP contribution is 2.33. The molecule has 0 saturated carbocycles. The van der Waals surface area contributed by atoms with Crippen molar-refractivity contribution in [3.8, 4) is 0 Å². The van der Waals surface area contributed by atoms with Crippen molar-refractivity contribution < 1.29 is 17.9 Å². The number of anilines is 2. The third-order valence-corrected chi connectivity index (χ3v) is 5.41. The third kappa shape index (κ3) is 4.70. The van der Waals surface area contributed by atoms with Gasteiger partial charge in [0.15, 0.2) is 5.82 Å². The lowest BCUT2D eigenvalue weighted by atomic mass is 10.1. The first-order valence-corrected chi connectivity index (χ1v) is 9.70. The van der Waals surface area contributed by atoms with Gasteiger partial charge in [-0.1, -0.05) is 19.4 Å². The van der Waals surface area contributed by atoms with Crippen LogP contribution in [-0.4, -0.2) is 42.1 Å². The molecule has 9 heteroatoms. The Hall–Kier alpha value is -1.87. The van der Waals surface area contributed by atoms with Gasteiger partial charge in [0.05, 0.1) is 5.56 Å². The Morgan fingerprint density at radius 3 is 2.81 bits per heavy atom. The molecule has 0 spiro atoms. The Morgan fingerprint density at radius 2 is 2.11 bits per heavy atom. The summed E-state index contributed by atoms with van der Waals surface area (Å²) in [7, 11) is 1.61. The molecule has 1 atom stereocenters. The van der Waals surface area contributed by atoms with Crippen LogP contribution in [0.2, 0.25) is 0 Å². The van der Waals surface area contributed by atoms with E-state index in [0.717, 1.165) is 24.0 Å². The number of methoxy groups -OCH3 is 1. The minimum atomic E-state index is -4.33. The Balaban J connectivity index is 1.77. The first-order valence-electron chi connectivity index (χ1n) is 8.92. The molecule has 27 heavy (non-hydrogen) atoms. The maximum atomic E-state index is 13.0. The van der Waals surface area contributed by atoms with E-state index in [2.05, 4.69) is 21.2 Å². The van der Waals surface area contributed by atoms with E-state index >= 15 is 0 Å². The first-order chi connectivity index (χ1) is 12.9. The summed E-state index contributed by atoms with van der Waals surface area (Å²) < 4.78 is 48.5. The second-order valence-electron chi connectivity index (χ2n) is 6.56. The molecule has 0 amide bonds. The van der Waals surface area contributed by atoms with Crippen LogP contribution in [0.25, 0.3) is 0 Å². The maximum Gasteiger partial charge on any atom is 0.416 e. The van der Waals surface area contributed by atoms with E-state index in [-0.39, 0.29) is 6.04 Å². The summed E-state index contributed by atoms with van der Waals surface area (Å²) >= 11 is 1.35. The average molecular weight is 400 g/mol. The van der Waals surface area contributed by atoms with Crippen molar-refractivity contribution >= 4 is 22.4 Å². The van der Waals surface area contributed by atoms with E-state index in [9.17, 15) is 13.2 Å². The largest absolute Gasteiger partial charge is 0.416 e. The van der Waals surface area contributed by atoms with Gasteiger partial charge in [-0.05, 0) is 24.6 Å². The van der Waals surface area contributed by atoms with Gasteiger partial charge in [0.2, 0.25) is 5.13 Å². The van der Waals surface area contributed by atoms with Crippen molar-refractivity contribution in [2.24, 2.45) is 0 Å². The quantitative estimate of drug-likeness (QED) is 0.727. The second kappa shape index (κ2) is 8.43. The second-order valence-corrected chi connectivity index (χ2v) is 7.29. The molecule has 2 aromatic rings. The minimum absolute atomic E-state index is 0.182. The van der Waals surface area contributed by atoms with Gasteiger partial charge < -0.3 is 14.5 Å². The number of rotatable bonds is 6. The molecule has 5 nitrogen and oxygen atoms in total. The Labute approximate surface area is 160 Å². The zero-order valence-electron chi connectivity index (χ0n) is 15.4. The van der Waals surface area contributed by atoms with Crippen LogP contribution in [-0.2, 0) is 17.5 Å². The van der Waals surface area contributed by atoms with E-state index < -0.39 is 11.7 Å². The van der Waals surface area contributed by atoms with Crippen LogP contribution in [0, 0.1) is 0 Å². The Bertz CT molecular complexity index is 752. The lowest BCUT2D eigenvalue weighted by molar-refractivity contribution is -0.137. The molecule has 1 saturated heterocycles. The molecule has 1 aromatic carbocycles. The van der Waals surface area contributed by atoms with E-state index in [0.29, 0.717) is 37.8 Å². The van der Waals surface area contributed by atoms with Crippen LogP contribution in [0.4, 0.5) is 24.0 Å². The molecular formula is C18H23F3N4OS. The molecule has 3 rings (SSSR count). The summed E-state index contributed by atoms with van der Waals surface area (Å²) in [5.41, 5.74) is 0.00529. The highest BCUT2D eigenvalue weighted by Gasteiger charge is 2.32. The molecule has 0 radical (unpaired) electrons. The van der Waals surface area contributed by atoms with Crippen LogP contribution in [0.1, 0.15) is 31.2 Å². The summed E-state index contributed by atoms with van der Waals surface area (Å²) in [6.45, 7) is 4.48. The summed E-state index contributed by atoms with van der Waals surface area (Å²) in [5.74, 6) is 0.660. The fourth-order valence-electron chi connectivity index (χ4n) is 3.35. The maximum absolute atomic E-state index is 13.0. The molecule has 0 N–H and O–H groups in total. The molecular weight excluding hydrogens is 377 g/mol.